The Kier molecular flexibility index (Phi) is 6.24. The van der Waals surface area contributed by atoms with Crippen LogP contribution in [0, 0.1) is 11.3 Å². The molecule has 5 nitrogen and oxygen atoms in total. The predicted molar refractivity (Wildman–Crippen MR) is 86.2 cm³/mol. The molecule has 2 heterocycles. The van der Waals surface area contributed by atoms with Crippen molar-refractivity contribution in [1.82, 2.24) is 10.3 Å². The first kappa shape index (κ1) is 18.0. The molecule has 21 heavy (non-hydrogen) atoms. The Labute approximate surface area is 137 Å². The zero-order chi connectivity index (χ0) is 13.3. The van der Waals surface area contributed by atoms with Gasteiger partial charge in [-0.2, -0.15) is 5.26 Å². The third-order valence-corrected chi connectivity index (χ3v) is 4.06. The van der Waals surface area contributed by atoms with E-state index in [1.54, 1.807) is 6.20 Å². The molecule has 0 radical (unpaired) electrons. The van der Waals surface area contributed by atoms with Crippen LogP contribution >= 0.6 is 24.8 Å². The van der Waals surface area contributed by atoms with Gasteiger partial charge < -0.3 is 15.7 Å². The third kappa shape index (κ3) is 3.78. The lowest BCUT2D eigenvalue weighted by atomic mass is 10.00. The number of piperidine rings is 1. The quantitative estimate of drug-likeness (QED) is 0.784. The van der Waals surface area contributed by atoms with E-state index in [1.165, 1.54) is 0 Å². The molecule has 2 aliphatic rings. The molecule has 1 aliphatic heterocycles. The topological polar surface area (TPSA) is 81.0 Å². The van der Waals surface area contributed by atoms with Gasteiger partial charge in [0.15, 0.2) is 0 Å². The number of aliphatic hydroxyl groups excluding tert-OH is 1. The summed E-state index contributed by atoms with van der Waals surface area (Å²) in [7, 11) is 0. The highest BCUT2D eigenvalue weighted by Gasteiger charge is 2.45. The van der Waals surface area contributed by atoms with E-state index >= 15 is 0 Å². The zero-order valence-electron chi connectivity index (χ0n) is 11.6. The van der Waals surface area contributed by atoms with Gasteiger partial charge >= 0.3 is 0 Å². The monoisotopic (exact) mass is 330 g/mol. The van der Waals surface area contributed by atoms with E-state index in [1.807, 2.05) is 12.1 Å². The van der Waals surface area contributed by atoms with Crippen molar-refractivity contribution >= 4 is 30.6 Å². The summed E-state index contributed by atoms with van der Waals surface area (Å²) in [4.78, 5) is 4.37. The number of hydrogen-bond donors (Lipinski definition) is 3. The molecule has 0 aromatic carbocycles. The highest BCUT2D eigenvalue weighted by atomic mass is 35.5. The largest absolute Gasteiger partial charge is 0.390 e. The van der Waals surface area contributed by atoms with Crippen LogP contribution in [-0.4, -0.2) is 35.3 Å². The summed E-state index contributed by atoms with van der Waals surface area (Å²) in [5.74, 6) is 0.767. The van der Waals surface area contributed by atoms with Crippen LogP contribution in [0.25, 0.3) is 0 Å². The summed E-state index contributed by atoms with van der Waals surface area (Å²) in [6.07, 6.45) is 4.15. The molecule has 1 aliphatic carbocycles. The number of β-amino-alcohol motifs (C(OH)–C–C–N with tert-alkyl or cyclic N) is 1. The van der Waals surface area contributed by atoms with Gasteiger partial charge in [0.05, 0.1) is 23.6 Å². The predicted octanol–water partition coefficient (Wildman–Crippen LogP) is 1.62. The van der Waals surface area contributed by atoms with Crippen LogP contribution < -0.4 is 10.6 Å². The average Bonchev–Trinajstić information content (AvgIpc) is 3.23. The summed E-state index contributed by atoms with van der Waals surface area (Å²) in [6.45, 7) is 1.53. The Morgan fingerprint density at radius 3 is 2.67 bits per heavy atom. The van der Waals surface area contributed by atoms with Crippen molar-refractivity contribution in [3.05, 3.63) is 23.9 Å². The maximum absolute atomic E-state index is 9.87. The van der Waals surface area contributed by atoms with Crippen LogP contribution in [0.1, 0.15) is 24.8 Å². The normalized spacial score (nSPS) is 25.7. The van der Waals surface area contributed by atoms with Gasteiger partial charge in [-0.05, 0) is 37.4 Å². The lowest BCUT2D eigenvalue weighted by Crippen LogP contribution is -2.47. The molecule has 0 spiro atoms. The fourth-order valence-electron chi connectivity index (χ4n) is 2.55. The van der Waals surface area contributed by atoms with Crippen molar-refractivity contribution in [2.45, 2.75) is 36.8 Å². The number of pyridine rings is 1. The molecule has 1 saturated heterocycles. The second-order valence-electron chi connectivity index (χ2n) is 5.44. The smallest absolute Gasteiger partial charge is 0.126 e. The third-order valence-electron chi connectivity index (χ3n) is 4.06. The van der Waals surface area contributed by atoms with Gasteiger partial charge in [-0.3, -0.25) is 0 Å². The van der Waals surface area contributed by atoms with Gasteiger partial charge in [-0.25, -0.2) is 4.98 Å². The maximum atomic E-state index is 9.87. The van der Waals surface area contributed by atoms with Gasteiger partial charge in [-0.1, -0.05) is 6.07 Å². The Balaban J connectivity index is 0.00000110. The van der Waals surface area contributed by atoms with E-state index in [9.17, 15) is 5.11 Å². The van der Waals surface area contributed by atoms with E-state index in [0.717, 1.165) is 37.2 Å². The Hall–Kier alpha value is -1.06. The van der Waals surface area contributed by atoms with E-state index in [4.69, 9.17) is 5.26 Å². The number of aromatic nitrogens is 1. The number of nitriles is 1. The number of aliphatic hydroxyl groups is 1. The first-order valence-electron chi connectivity index (χ1n) is 6.77. The lowest BCUT2D eigenvalue weighted by Gasteiger charge is -2.29. The second-order valence-corrected chi connectivity index (χ2v) is 5.44. The molecule has 2 fully saturated rings. The summed E-state index contributed by atoms with van der Waals surface area (Å²) in [6, 6.07) is 6.29. The number of hydrogen-bond acceptors (Lipinski definition) is 5. The number of anilines is 1. The van der Waals surface area contributed by atoms with Crippen LogP contribution in [0.2, 0.25) is 0 Å². The molecule has 0 bridgehead atoms. The van der Waals surface area contributed by atoms with E-state index < -0.39 is 0 Å². The highest BCUT2D eigenvalue weighted by molar-refractivity contribution is 5.85. The molecule has 0 amide bonds. The van der Waals surface area contributed by atoms with Gasteiger partial charge in [0.2, 0.25) is 0 Å². The SMILES string of the molecule is Cl.Cl.N#CC1(c2ccc(N[C@@H]3CCNC[C@@H]3O)nc2)CC1. The molecule has 7 heteroatoms. The van der Waals surface area contributed by atoms with Gasteiger partial charge in [0.1, 0.15) is 5.82 Å². The average molecular weight is 331 g/mol. The Bertz CT molecular complexity index is 499. The van der Waals surface area contributed by atoms with Crippen molar-refractivity contribution in [2.24, 2.45) is 0 Å². The molecule has 116 valence electrons. The number of nitrogens with zero attached hydrogens (tertiary/aromatic N) is 2. The van der Waals surface area contributed by atoms with Crippen LogP contribution in [0.15, 0.2) is 18.3 Å². The van der Waals surface area contributed by atoms with Crippen LogP contribution in [0.3, 0.4) is 0 Å². The highest BCUT2D eigenvalue weighted by Crippen LogP contribution is 2.47. The molecule has 3 N–H and O–H groups in total. The summed E-state index contributed by atoms with van der Waals surface area (Å²) in [5.41, 5.74) is 0.728. The van der Waals surface area contributed by atoms with Crippen molar-refractivity contribution in [2.75, 3.05) is 18.4 Å². The van der Waals surface area contributed by atoms with Gasteiger partial charge in [0.25, 0.3) is 0 Å². The van der Waals surface area contributed by atoms with Crippen LogP contribution in [0.4, 0.5) is 5.82 Å². The molecule has 3 rings (SSSR count). The van der Waals surface area contributed by atoms with E-state index in [0.29, 0.717) is 6.54 Å². The molecule has 1 aromatic heterocycles. The minimum absolute atomic E-state index is 0. The molecule has 2 atom stereocenters. The maximum Gasteiger partial charge on any atom is 0.126 e. The molecule has 1 aromatic rings. The molecular formula is C14H20Cl2N4O. The number of rotatable bonds is 3. The van der Waals surface area contributed by atoms with Crippen molar-refractivity contribution in [1.29, 1.82) is 5.26 Å². The molecule has 0 unspecified atom stereocenters. The number of nitrogens with one attached hydrogen (secondary N) is 2. The standard InChI is InChI=1S/C14H18N4O.2ClH/c15-9-14(4-5-14)10-1-2-13(17-7-10)18-11-3-6-16-8-12(11)19;;/h1-2,7,11-12,16,19H,3-6,8H2,(H,17,18);2*1H/t11-,12+;;/m1../s1. The van der Waals surface area contributed by atoms with E-state index in [2.05, 4.69) is 21.7 Å². The minimum atomic E-state index is -0.385. The fraction of sp³-hybridized carbons (Fsp3) is 0.571. The Morgan fingerprint density at radius 2 is 2.14 bits per heavy atom. The lowest BCUT2D eigenvalue weighted by molar-refractivity contribution is 0.128. The van der Waals surface area contributed by atoms with Crippen LogP contribution in [-0.2, 0) is 5.41 Å². The van der Waals surface area contributed by atoms with Crippen LogP contribution in [0.5, 0.6) is 0 Å². The second kappa shape index (κ2) is 7.28. The minimum Gasteiger partial charge on any atom is -0.390 e. The van der Waals surface area contributed by atoms with Gasteiger partial charge in [-0.15, -0.1) is 24.8 Å². The Morgan fingerprint density at radius 1 is 1.38 bits per heavy atom. The first-order valence-corrected chi connectivity index (χ1v) is 6.77. The zero-order valence-corrected chi connectivity index (χ0v) is 13.2. The number of halogens is 2. The van der Waals surface area contributed by atoms with Crippen molar-refractivity contribution < 1.29 is 5.11 Å². The fourth-order valence-corrected chi connectivity index (χ4v) is 2.55. The van der Waals surface area contributed by atoms with E-state index in [-0.39, 0.29) is 42.4 Å². The first-order chi connectivity index (χ1) is 9.23. The molecule has 1 saturated carbocycles. The summed E-state index contributed by atoms with van der Waals surface area (Å²) >= 11 is 0. The van der Waals surface area contributed by atoms with Crippen molar-refractivity contribution in [3.8, 4) is 6.07 Å². The molecular weight excluding hydrogens is 311 g/mol. The summed E-state index contributed by atoms with van der Waals surface area (Å²) in [5, 5.41) is 25.4. The summed E-state index contributed by atoms with van der Waals surface area (Å²) < 4.78 is 0. The van der Waals surface area contributed by atoms with Gasteiger partial charge in [0, 0.05) is 12.7 Å². The van der Waals surface area contributed by atoms with Crippen molar-refractivity contribution in [3.63, 3.8) is 0 Å².